The van der Waals surface area contributed by atoms with E-state index in [2.05, 4.69) is 0 Å². The van der Waals surface area contributed by atoms with Crippen molar-refractivity contribution in [1.82, 2.24) is 0 Å². The van der Waals surface area contributed by atoms with Gasteiger partial charge in [-0.3, -0.25) is 9.69 Å². The van der Waals surface area contributed by atoms with Crippen LogP contribution in [0.4, 0.5) is 11.4 Å². The molecule has 106 valence electrons. The maximum Gasteiger partial charge on any atom is 0.337 e. The van der Waals surface area contributed by atoms with Crippen LogP contribution < -0.4 is 4.90 Å². The molecule has 2 aromatic carbocycles. The molecule has 0 aromatic heterocycles. The number of amides is 1. The van der Waals surface area contributed by atoms with Crippen molar-refractivity contribution in [3.8, 4) is 0 Å². The fourth-order valence-corrected chi connectivity index (χ4v) is 2.61. The van der Waals surface area contributed by atoms with Gasteiger partial charge in [-0.2, -0.15) is 0 Å². The lowest BCUT2D eigenvalue weighted by atomic mass is 10.1. The Labute approximate surface area is 126 Å². The Morgan fingerprint density at radius 1 is 1.24 bits per heavy atom. The molecule has 1 aliphatic heterocycles. The van der Waals surface area contributed by atoms with E-state index in [1.807, 2.05) is 6.07 Å². The number of hydrogen-bond acceptors (Lipinski definition) is 3. The van der Waals surface area contributed by atoms with Crippen LogP contribution in [0.2, 0.25) is 5.02 Å². The Morgan fingerprint density at radius 3 is 2.81 bits per heavy atom. The Kier molecular flexibility index (Phi) is 3.39. The largest absolute Gasteiger partial charge is 0.465 e. The van der Waals surface area contributed by atoms with Gasteiger partial charge in [-0.25, -0.2) is 4.79 Å². The van der Waals surface area contributed by atoms with Crippen molar-refractivity contribution in [2.75, 3.05) is 12.0 Å². The van der Waals surface area contributed by atoms with Gasteiger partial charge in [-0.1, -0.05) is 23.7 Å². The van der Waals surface area contributed by atoms with Gasteiger partial charge in [0.1, 0.15) is 0 Å². The molecule has 0 radical (unpaired) electrons. The van der Waals surface area contributed by atoms with Crippen LogP contribution in [0.15, 0.2) is 42.5 Å². The Hall–Kier alpha value is -2.33. The number of ether oxygens (including phenoxy) is 1. The minimum absolute atomic E-state index is 0.0470. The molecule has 3 rings (SSSR count). The number of rotatable bonds is 2. The van der Waals surface area contributed by atoms with Gasteiger partial charge in [-0.15, -0.1) is 0 Å². The van der Waals surface area contributed by atoms with Crippen molar-refractivity contribution in [2.24, 2.45) is 0 Å². The highest BCUT2D eigenvalue weighted by Crippen LogP contribution is 2.37. The standard InChI is InChI=1S/C16H12ClNO3/c1-21-16(20)11-3-2-4-13(7-11)18-14-9-12(17)6-5-10(14)8-15(18)19/h2-7,9H,8H2,1H3. The van der Waals surface area contributed by atoms with Gasteiger partial charge in [0.05, 0.1) is 24.8 Å². The molecule has 5 heteroatoms. The van der Waals surface area contributed by atoms with Gasteiger partial charge in [0.25, 0.3) is 0 Å². The van der Waals surface area contributed by atoms with Gasteiger partial charge in [0, 0.05) is 10.7 Å². The quantitative estimate of drug-likeness (QED) is 0.799. The van der Waals surface area contributed by atoms with E-state index in [1.54, 1.807) is 41.3 Å². The number of carbonyl (C=O) groups excluding carboxylic acids is 2. The zero-order chi connectivity index (χ0) is 15.0. The third kappa shape index (κ3) is 2.38. The first kappa shape index (κ1) is 13.6. The predicted molar refractivity (Wildman–Crippen MR) is 80.1 cm³/mol. The number of halogens is 1. The minimum atomic E-state index is -0.435. The second kappa shape index (κ2) is 5.22. The third-order valence-corrected chi connectivity index (χ3v) is 3.64. The number of anilines is 2. The van der Waals surface area contributed by atoms with E-state index >= 15 is 0 Å². The van der Waals surface area contributed by atoms with E-state index in [4.69, 9.17) is 16.3 Å². The first-order valence-corrected chi connectivity index (χ1v) is 6.77. The smallest absolute Gasteiger partial charge is 0.337 e. The summed E-state index contributed by atoms with van der Waals surface area (Å²) in [5, 5.41) is 0.567. The Balaban J connectivity index is 2.07. The molecule has 0 N–H and O–H groups in total. The second-order valence-electron chi connectivity index (χ2n) is 4.72. The summed E-state index contributed by atoms with van der Waals surface area (Å²) in [4.78, 5) is 25.5. The predicted octanol–water partition coefficient (Wildman–Crippen LogP) is 3.35. The van der Waals surface area contributed by atoms with Crippen molar-refractivity contribution in [1.29, 1.82) is 0 Å². The van der Waals surface area contributed by atoms with E-state index in [9.17, 15) is 9.59 Å². The third-order valence-electron chi connectivity index (χ3n) is 3.40. The van der Waals surface area contributed by atoms with Crippen LogP contribution in [0.3, 0.4) is 0 Å². The van der Waals surface area contributed by atoms with Gasteiger partial charge in [0.2, 0.25) is 5.91 Å². The fraction of sp³-hybridized carbons (Fsp3) is 0.125. The second-order valence-corrected chi connectivity index (χ2v) is 5.16. The average molecular weight is 302 g/mol. The summed E-state index contributed by atoms with van der Waals surface area (Å²) in [5.74, 6) is -0.482. The minimum Gasteiger partial charge on any atom is -0.465 e. The van der Waals surface area contributed by atoms with Crippen LogP contribution in [-0.2, 0) is 16.0 Å². The molecule has 1 aliphatic rings. The molecule has 0 unspecified atom stereocenters. The Bertz CT molecular complexity index is 742. The molecule has 1 heterocycles. The van der Waals surface area contributed by atoms with E-state index < -0.39 is 5.97 Å². The summed E-state index contributed by atoms with van der Waals surface area (Å²) in [5.41, 5.74) is 2.71. The average Bonchev–Trinajstić information content (AvgIpc) is 2.81. The summed E-state index contributed by atoms with van der Waals surface area (Å²) in [6.45, 7) is 0. The molecular weight excluding hydrogens is 290 g/mol. The highest BCUT2D eigenvalue weighted by molar-refractivity contribution is 6.31. The van der Waals surface area contributed by atoms with Crippen LogP contribution in [0.1, 0.15) is 15.9 Å². The van der Waals surface area contributed by atoms with Crippen molar-refractivity contribution in [3.05, 3.63) is 58.6 Å². The van der Waals surface area contributed by atoms with Gasteiger partial charge in [-0.05, 0) is 35.9 Å². The summed E-state index contributed by atoms with van der Waals surface area (Å²) < 4.78 is 4.71. The molecule has 0 aliphatic carbocycles. The van der Waals surface area contributed by atoms with Crippen molar-refractivity contribution >= 4 is 34.9 Å². The van der Waals surface area contributed by atoms with Crippen LogP contribution in [0.25, 0.3) is 0 Å². The van der Waals surface area contributed by atoms with Crippen LogP contribution >= 0.6 is 11.6 Å². The number of hydrogen-bond donors (Lipinski definition) is 0. The lowest BCUT2D eigenvalue weighted by molar-refractivity contribution is -0.116. The normalized spacial score (nSPS) is 13.2. The zero-order valence-electron chi connectivity index (χ0n) is 11.3. The van der Waals surface area contributed by atoms with Crippen molar-refractivity contribution < 1.29 is 14.3 Å². The molecule has 0 spiro atoms. The summed E-state index contributed by atoms with van der Waals surface area (Å²) in [6.07, 6.45) is 0.328. The highest BCUT2D eigenvalue weighted by atomic mass is 35.5. The van der Waals surface area contributed by atoms with E-state index in [1.165, 1.54) is 7.11 Å². The number of carbonyl (C=O) groups is 2. The van der Waals surface area contributed by atoms with E-state index in [0.29, 0.717) is 22.7 Å². The maximum atomic E-state index is 12.3. The molecule has 4 nitrogen and oxygen atoms in total. The Morgan fingerprint density at radius 2 is 2.05 bits per heavy atom. The molecule has 1 amide bonds. The molecule has 0 saturated heterocycles. The summed E-state index contributed by atoms with van der Waals surface area (Å²) >= 11 is 6.02. The van der Waals surface area contributed by atoms with Crippen LogP contribution in [-0.4, -0.2) is 19.0 Å². The van der Waals surface area contributed by atoms with Crippen molar-refractivity contribution in [3.63, 3.8) is 0 Å². The molecule has 0 saturated carbocycles. The molecule has 0 bridgehead atoms. The number of fused-ring (bicyclic) bond motifs is 1. The van der Waals surface area contributed by atoms with Gasteiger partial charge >= 0.3 is 5.97 Å². The molecule has 21 heavy (non-hydrogen) atoms. The van der Waals surface area contributed by atoms with Gasteiger partial charge < -0.3 is 4.74 Å². The lowest BCUT2D eigenvalue weighted by Crippen LogP contribution is -2.21. The van der Waals surface area contributed by atoms with E-state index in [-0.39, 0.29) is 5.91 Å². The first-order chi connectivity index (χ1) is 10.1. The highest BCUT2D eigenvalue weighted by Gasteiger charge is 2.29. The maximum absolute atomic E-state index is 12.3. The zero-order valence-corrected chi connectivity index (χ0v) is 12.1. The number of methoxy groups -OCH3 is 1. The molecular formula is C16H12ClNO3. The van der Waals surface area contributed by atoms with Crippen molar-refractivity contribution in [2.45, 2.75) is 6.42 Å². The summed E-state index contributed by atoms with van der Waals surface area (Å²) in [7, 11) is 1.32. The number of esters is 1. The van der Waals surface area contributed by atoms with Crippen LogP contribution in [0, 0.1) is 0 Å². The number of nitrogens with zero attached hydrogens (tertiary/aromatic N) is 1. The van der Waals surface area contributed by atoms with Crippen LogP contribution in [0.5, 0.6) is 0 Å². The summed E-state index contributed by atoms with van der Waals surface area (Å²) in [6, 6.07) is 12.2. The molecule has 0 atom stereocenters. The first-order valence-electron chi connectivity index (χ1n) is 6.40. The molecule has 2 aromatic rings. The SMILES string of the molecule is COC(=O)c1cccc(N2C(=O)Cc3ccc(Cl)cc32)c1. The van der Waals surface area contributed by atoms with Gasteiger partial charge in [0.15, 0.2) is 0 Å². The monoisotopic (exact) mass is 301 g/mol. The molecule has 0 fully saturated rings. The fourth-order valence-electron chi connectivity index (χ4n) is 2.44. The number of benzene rings is 2. The van der Waals surface area contributed by atoms with E-state index in [0.717, 1.165) is 11.3 Å². The lowest BCUT2D eigenvalue weighted by Gasteiger charge is -2.18. The topological polar surface area (TPSA) is 46.6 Å².